The molecule has 0 aromatic heterocycles. The Bertz CT molecular complexity index is 1000. The van der Waals surface area contributed by atoms with Gasteiger partial charge in [0.05, 0.1) is 10.5 Å². The first-order valence-corrected chi connectivity index (χ1v) is 9.69. The van der Waals surface area contributed by atoms with Crippen LogP contribution in [0.1, 0.15) is 19.4 Å². The van der Waals surface area contributed by atoms with E-state index in [9.17, 15) is 17.6 Å². The zero-order valence-electron chi connectivity index (χ0n) is 14.4. The second-order valence-electron chi connectivity index (χ2n) is 6.46. The van der Waals surface area contributed by atoms with E-state index in [1.165, 1.54) is 30.3 Å². The van der Waals surface area contributed by atoms with E-state index < -0.39 is 27.2 Å². The van der Waals surface area contributed by atoms with Crippen LogP contribution in [-0.2, 0) is 19.4 Å². The SMILES string of the molecule is CC1(C)OC(=O)C(Oc2cccc(F)c2)=C1c1ccc(S(C)(=O)=O)cc1. The van der Waals surface area contributed by atoms with Crippen molar-refractivity contribution in [1.29, 1.82) is 0 Å². The molecule has 26 heavy (non-hydrogen) atoms. The van der Waals surface area contributed by atoms with E-state index in [1.807, 2.05) is 0 Å². The van der Waals surface area contributed by atoms with E-state index in [0.29, 0.717) is 11.1 Å². The third-order valence-corrected chi connectivity index (χ3v) is 5.08. The normalized spacial score (nSPS) is 16.5. The summed E-state index contributed by atoms with van der Waals surface area (Å²) in [6.45, 7) is 3.40. The number of sulfone groups is 1. The minimum absolute atomic E-state index is 0.0484. The van der Waals surface area contributed by atoms with Gasteiger partial charge in [0.25, 0.3) is 0 Å². The topological polar surface area (TPSA) is 69.7 Å². The van der Waals surface area contributed by atoms with Crippen molar-refractivity contribution in [3.05, 3.63) is 65.7 Å². The Morgan fingerprint density at radius 1 is 1.08 bits per heavy atom. The fourth-order valence-electron chi connectivity index (χ4n) is 2.79. The maximum atomic E-state index is 13.4. The number of carbonyl (C=O) groups is 1. The maximum absolute atomic E-state index is 13.4. The molecule has 0 radical (unpaired) electrons. The number of carbonyl (C=O) groups excluding carboxylic acids is 1. The highest BCUT2D eigenvalue weighted by atomic mass is 32.2. The molecule has 0 atom stereocenters. The molecular formula is C19H17FO5S. The Morgan fingerprint density at radius 2 is 1.73 bits per heavy atom. The van der Waals surface area contributed by atoms with Crippen LogP contribution in [0, 0.1) is 5.82 Å². The monoisotopic (exact) mass is 376 g/mol. The lowest BCUT2D eigenvalue weighted by molar-refractivity contribution is -0.145. The van der Waals surface area contributed by atoms with Crippen LogP contribution in [-0.4, -0.2) is 26.2 Å². The lowest BCUT2D eigenvalue weighted by Crippen LogP contribution is -2.22. The molecule has 0 amide bonds. The summed E-state index contributed by atoms with van der Waals surface area (Å²) >= 11 is 0. The molecule has 1 heterocycles. The van der Waals surface area contributed by atoms with Gasteiger partial charge in [0.1, 0.15) is 17.2 Å². The minimum Gasteiger partial charge on any atom is -0.449 e. The highest BCUT2D eigenvalue weighted by molar-refractivity contribution is 7.90. The number of esters is 1. The molecule has 0 spiro atoms. The Kier molecular flexibility index (Phi) is 4.36. The summed E-state index contributed by atoms with van der Waals surface area (Å²) in [6, 6.07) is 11.5. The van der Waals surface area contributed by atoms with Crippen LogP contribution >= 0.6 is 0 Å². The van der Waals surface area contributed by atoms with Crippen LogP contribution < -0.4 is 4.74 Å². The molecule has 2 aromatic carbocycles. The first-order chi connectivity index (χ1) is 12.1. The number of hydrogen-bond acceptors (Lipinski definition) is 5. The van der Waals surface area contributed by atoms with Crippen molar-refractivity contribution < 1.29 is 27.1 Å². The molecule has 0 saturated carbocycles. The van der Waals surface area contributed by atoms with Gasteiger partial charge in [-0.2, -0.15) is 0 Å². The molecule has 7 heteroatoms. The van der Waals surface area contributed by atoms with Crippen molar-refractivity contribution >= 4 is 21.4 Å². The van der Waals surface area contributed by atoms with Gasteiger partial charge in [0.2, 0.25) is 5.76 Å². The summed E-state index contributed by atoms with van der Waals surface area (Å²) in [6.07, 6.45) is 1.12. The second-order valence-corrected chi connectivity index (χ2v) is 8.48. The number of ether oxygens (including phenoxy) is 2. The van der Waals surface area contributed by atoms with Crippen LogP contribution in [0.25, 0.3) is 5.57 Å². The standard InChI is InChI=1S/C19H17FO5S/c1-19(2)16(12-7-9-15(10-8-12)26(3,22)23)17(18(21)25-19)24-14-6-4-5-13(20)11-14/h4-11H,1-3H3. The number of hydrogen-bond donors (Lipinski definition) is 0. The first-order valence-electron chi connectivity index (χ1n) is 7.80. The van der Waals surface area contributed by atoms with Gasteiger partial charge in [0, 0.05) is 12.3 Å². The van der Waals surface area contributed by atoms with Gasteiger partial charge >= 0.3 is 5.97 Å². The van der Waals surface area contributed by atoms with Gasteiger partial charge in [-0.25, -0.2) is 17.6 Å². The zero-order valence-corrected chi connectivity index (χ0v) is 15.3. The molecule has 0 bridgehead atoms. The summed E-state index contributed by atoms with van der Waals surface area (Å²) < 4.78 is 47.7. The smallest absolute Gasteiger partial charge is 0.375 e. The van der Waals surface area contributed by atoms with E-state index in [4.69, 9.17) is 9.47 Å². The number of cyclic esters (lactones) is 1. The predicted molar refractivity (Wildman–Crippen MR) is 93.7 cm³/mol. The van der Waals surface area contributed by atoms with Gasteiger partial charge in [-0.05, 0) is 43.7 Å². The minimum atomic E-state index is -3.34. The van der Waals surface area contributed by atoms with Gasteiger partial charge in [0.15, 0.2) is 9.84 Å². The molecule has 2 aromatic rings. The third kappa shape index (κ3) is 3.48. The van der Waals surface area contributed by atoms with Crippen molar-refractivity contribution in [2.45, 2.75) is 24.3 Å². The average Bonchev–Trinajstić information content (AvgIpc) is 2.75. The van der Waals surface area contributed by atoms with E-state index >= 15 is 0 Å². The Morgan fingerprint density at radius 3 is 2.31 bits per heavy atom. The van der Waals surface area contributed by atoms with Crippen LogP contribution in [0.3, 0.4) is 0 Å². The molecule has 1 aliphatic rings. The fraction of sp³-hybridized carbons (Fsp3) is 0.211. The van der Waals surface area contributed by atoms with E-state index in [-0.39, 0.29) is 16.4 Å². The van der Waals surface area contributed by atoms with Crippen LogP contribution in [0.4, 0.5) is 4.39 Å². The van der Waals surface area contributed by atoms with Crippen molar-refractivity contribution in [1.82, 2.24) is 0 Å². The number of rotatable bonds is 4. The van der Waals surface area contributed by atoms with E-state index in [1.54, 1.807) is 26.0 Å². The Balaban J connectivity index is 2.09. The highest BCUT2D eigenvalue weighted by Crippen LogP contribution is 2.40. The van der Waals surface area contributed by atoms with Gasteiger partial charge in [-0.1, -0.05) is 18.2 Å². The Hall–Kier alpha value is -2.67. The van der Waals surface area contributed by atoms with Crippen LogP contribution in [0.5, 0.6) is 5.75 Å². The lowest BCUT2D eigenvalue weighted by Gasteiger charge is -2.21. The molecule has 3 rings (SSSR count). The highest BCUT2D eigenvalue weighted by Gasteiger charge is 2.43. The summed E-state index contributed by atoms with van der Waals surface area (Å²) in [5.74, 6) is -1.04. The van der Waals surface area contributed by atoms with E-state index in [2.05, 4.69) is 0 Å². The molecular weight excluding hydrogens is 359 g/mol. The molecule has 0 aliphatic carbocycles. The van der Waals surface area contributed by atoms with E-state index in [0.717, 1.165) is 12.3 Å². The molecule has 1 aliphatic heterocycles. The quantitative estimate of drug-likeness (QED) is 0.766. The van der Waals surface area contributed by atoms with Crippen LogP contribution in [0.15, 0.2) is 59.2 Å². The van der Waals surface area contributed by atoms with Crippen molar-refractivity contribution in [3.8, 4) is 5.75 Å². The first kappa shape index (κ1) is 18.1. The summed E-state index contributed by atoms with van der Waals surface area (Å²) in [5, 5.41) is 0. The molecule has 136 valence electrons. The van der Waals surface area contributed by atoms with Gasteiger partial charge in [-0.15, -0.1) is 0 Å². The molecule has 0 saturated heterocycles. The summed E-state index contributed by atoms with van der Waals surface area (Å²) in [7, 11) is -3.34. The maximum Gasteiger partial charge on any atom is 0.375 e. The molecule has 0 fully saturated rings. The van der Waals surface area contributed by atoms with Gasteiger partial charge < -0.3 is 9.47 Å². The molecule has 0 unspecified atom stereocenters. The largest absolute Gasteiger partial charge is 0.449 e. The second kappa shape index (κ2) is 6.25. The summed E-state index contributed by atoms with van der Waals surface area (Å²) in [5.41, 5.74) is 0.0678. The zero-order chi connectivity index (χ0) is 19.1. The predicted octanol–water partition coefficient (Wildman–Crippen LogP) is 3.35. The van der Waals surface area contributed by atoms with Crippen molar-refractivity contribution in [3.63, 3.8) is 0 Å². The average molecular weight is 376 g/mol. The summed E-state index contributed by atoms with van der Waals surface area (Å²) in [4.78, 5) is 12.5. The van der Waals surface area contributed by atoms with Crippen molar-refractivity contribution in [2.75, 3.05) is 6.26 Å². The lowest BCUT2D eigenvalue weighted by atomic mass is 9.92. The van der Waals surface area contributed by atoms with Crippen LogP contribution in [0.2, 0.25) is 0 Å². The van der Waals surface area contributed by atoms with Crippen molar-refractivity contribution in [2.24, 2.45) is 0 Å². The molecule has 5 nitrogen and oxygen atoms in total. The third-order valence-electron chi connectivity index (χ3n) is 3.95. The molecule has 0 N–H and O–H groups in total. The number of halogens is 1. The fourth-order valence-corrected chi connectivity index (χ4v) is 3.42. The Labute approximate surface area is 151 Å². The number of benzene rings is 2. The van der Waals surface area contributed by atoms with Gasteiger partial charge in [-0.3, -0.25) is 0 Å².